The Labute approximate surface area is 405 Å². The van der Waals surface area contributed by atoms with Gasteiger partial charge in [0.25, 0.3) is 0 Å². The molecule has 344 valence electrons. The van der Waals surface area contributed by atoms with E-state index in [1.807, 2.05) is 12.3 Å². The van der Waals surface area contributed by atoms with Gasteiger partial charge in [-0.2, -0.15) is 6.07 Å². The van der Waals surface area contributed by atoms with Crippen LogP contribution in [0.1, 0.15) is 137 Å². The third-order valence-corrected chi connectivity index (χ3v) is 12.5. The summed E-state index contributed by atoms with van der Waals surface area (Å²) in [5, 5.41) is 2.28. The number of ether oxygens (including phenoxy) is 1. The molecule has 5 nitrogen and oxygen atoms in total. The molecule has 5 aromatic carbocycles. The molecule has 1 aliphatic heterocycles. The van der Waals surface area contributed by atoms with Gasteiger partial charge in [0.15, 0.2) is 0 Å². The molecule has 0 N–H and O–H groups in total. The molecule has 1 aliphatic rings. The predicted octanol–water partition coefficient (Wildman–Crippen LogP) is 15.8. The van der Waals surface area contributed by atoms with Crippen molar-refractivity contribution >= 4 is 38.9 Å². The molecule has 0 radical (unpaired) electrons. The van der Waals surface area contributed by atoms with Crippen LogP contribution in [0.3, 0.4) is 0 Å². The van der Waals surface area contributed by atoms with Crippen LogP contribution in [0.15, 0.2) is 116 Å². The van der Waals surface area contributed by atoms with Gasteiger partial charge in [-0.25, -0.2) is 4.98 Å². The van der Waals surface area contributed by atoms with Gasteiger partial charge in [-0.05, 0) is 90.6 Å². The monoisotopic (exact) mass is 1040 g/mol. The number of fused-ring (bicyclic) bond motifs is 3. The van der Waals surface area contributed by atoms with Gasteiger partial charge in [0.05, 0.1) is 12.4 Å². The minimum Gasteiger partial charge on any atom is -0.509 e. The fourth-order valence-corrected chi connectivity index (χ4v) is 8.31. The Morgan fingerprint density at radius 2 is 1.12 bits per heavy atom. The Hall–Kier alpha value is -5.12. The summed E-state index contributed by atoms with van der Waals surface area (Å²) in [4.78, 5) is 9.72. The van der Waals surface area contributed by atoms with E-state index in [0.29, 0.717) is 18.2 Å². The van der Waals surface area contributed by atoms with Crippen molar-refractivity contribution in [3.05, 3.63) is 168 Å². The van der Waals surface area contributed by atoms with Crippen molar-refractivity contribution in [3.63, 3.8) is 0 Å². The zero-order valence-corrected chi connectivity index (χ0v) is 44.0. The first-order chi connectivity index (χ1) is 29.3. The molecule has 0 amide bonds. The molecule has 0 atom stereocenters. The van der Waals surface area contributed by atoms with Crippen LogP contribution in [0, 0.1) is 19.6 Å². The van der Waals surface area contributed by atoms with E-state index in [9.17, 15) is 0 Å². The predicted molar refractivity (Wildman–Crippen MR) is 273 cm³/mol. The average Bonchev–Trinajstić information content (AvgIpc) is 3.79. The van der Waals surface area contributed by atoms with Crippen molar-refractivity contribution in [2.75, 3.05) is 16.5 Å². The molecule has 3 heterocycles. The van der Waals surface area contributed by atoms with Crippen LogP contribution in [0.2, 0.25) is 0 Å². The largest absolute Gasteiger partial charge is 0.509 e. The van der Waals surface area contributed by atoms with Gasteiger partial charge in [-0.1, -0.05) is 164 Å². The van der Waals surface area contributed by atoms with E-state index in [4.69, 9.17) is 9.72 Å². The molecular weight excluding hydrogens is 976 g/mol. The summed E-state index contributed by atoms with van der Waals surface area (Å²) >= 11 is 0. The van der Waals surface area contributed by atoms with Crippen molar-refractivity contribution in [2.24, 2.45) is 0 Å². The Balaban J connectivity index is 0.00000350. The standard InChI is InChI=1S/C58H66N4O.CH3.Pt/c1-54(2,3)39-21-24-50-49(32-39)48-23-22-46(35-51(48)62(50)53-33-40(25-26-59-53)55(4,5)6)63-47-31-43(58(13,14)15)30-45(34-47)61-37-60(36-52(61)38-19-17-16-18-20-38)44-28-41(56(7,8)9)27-42(29-44)57(10,11)12;;/h16-33,36H,37H2,1-15H3;1H3;/q-2;-1;. The van der Waals surface area contributed by atoms with Gasteiger partial charge in [-0.3, -0.25) is 0 Å². The third-order valence-electron chi connectivity index (χ3n) is 12.5. The molecule has 7 aromatic rings. The van der Waals surface area contributed by atoms with Crippen molar-refractivity contribution in [3.8, 4) is 17.3 Å². The van der Waals surface area contributed by atoms with Gasteiger partial charge in [0, 0.05) is 56.2 Å². The van der Waals surface area contributed by atoms with E-state index >= 15 is 0 Å². The van der Waals surface area contributed by atoms with E-state index in [0.717, 1.165) is 44.7 Å². The molecule has 0 saturated carbocycles. The molecular formula is C59H69N4OPt-3. The second kappa shape index (κ2) is 17.6. The quantitative estimate of drug-likeness (QED) is 0.155. The second-order valence-corrected chi connectivity index (χ2v) is 22.7. The van der Waals surface area contributed by atoms with Crippen LogP contribution in [0.5, 0.6) is 11.5 Å². The van der Waals surface area contributed by atoms with E-state index in [-0.39, 0.29) is 55.6 Å². The number of benzene rings is 5. The minimum absolute atomic E-state index is 0. The zero-order valence-electron chi connectivity index (χ0n) is 41.7. The fraction of sp³-hybridized carbons (Fsp3) is 0.356. The van der Waals surface area contributed by atoms with Crippen molar-refractivity contribution in [1.29, 1.82) is 0 Å². The summed E-state index contributed by atoms with van der Waals surface area (Å²) in [6.45, 7) is 34.7. The van der Waals surface area contributed by atoms with Crippen LogP contribution in [0.25, 0.3) is 33.3 Å². The van der Waals surface area contributed by atoms with Gasteiger partial charge < -0.3 is 26.5 Å². The Kier molecular flexibility index (Phi) is 13.3. The van der Waals surface area contributed by atoms with E-state index in [1.165, 1.54) is 33.3 Å². The molecule has 0 saturated heterocycles. The second-order valence-electron chi connectivity index (χ2n) is 22.7. The van der Waals surface area contributed by atoms with E-state index in [1.54, 1.807) is 0 Å². The molecule has 0 spiro atoms. The van der Waals surface area contributed by atoms with Gasteiger partial charge in [-0.15, -0.1) is 41.3 Å². The fourth-order valence-electron chi connectivity index (χ4n) is 8.31. The maximum Gasteiger partial charge on any atom is 0.135 e. The summed E-state index contributed by atoms with van der Waals surface area (Å²) in [5.41, 5.74) is 12.5. The Morgan fingerprint density at radius 3 is 1.72 bits per heavy atom. The number of hydrogen-bond acceptors (Lipinski definition) is 4. The third kappa shape index (κ3) is 10.2. The Bertz CT molecular complexity index is 2840. The van der Waals surface area contributed by atoms with Gasteiger partial charge in [0.1, 0.15) is 5.82 Å². The minimum atomic E-state index is -0.157. The number of aromatic nitrogens is 2. The molecule has 6 heteroatoms. The number of nitrogens with zero attached hydrogens (tertiary/aromatic N) is 4. The summed E-state index contributed by atoms with van der Waals surface area (Å²) < 4.78 is 9.17. The first kappa shape index (κ1) is 49.3. The number of rotatable bonds is 6. The average molecular weight is 1050 g/mol. The maximum absolute atomic E-state index is 6.92. The first-order valence-electron chi connectivity index (χ1n) is 22.6. The molecule has 8 rings (SSSR count). The van der Waals surface area contributed by atoms with Crippen LogP contribution in [-0.4, -0.2) is 16.2 Å². The van der Waals surface area contributed by atoms with Crippen molar-refractivity contribution in [2.45, 2.75) is 131 Å². The smallest absolute Gasteiger partial charge is 0.135 e. The first-order valence-corrected chi connectivity index (χ1v) is 22.6. The SMILES string of the molecule is CC(C)(C)c1cc(Oc2[c-]c3c(cc2)c2cc(C(C)(C)C)ccc2n3-c2cc(C(C)(C)C)ccn2)[c-]c(N2CN(c3cc(C(C)(C)C)cc(C(C)(C)C)c3)C=C2c2ccccc2)c1.[CH3-].[Pt]. The number of pyridine rings is 1. The Morgan fingerprint density at radius 1 is 0.538 bits per heavy atom. The molecule has 0 aliphatic carbocycles. The molecule has 0 bridgehead atoms. The maximum atomic E-state index is 6.92. The molecule has 0 fully saturated rings. The van der Waals surface area contributed by atoms with E-state index < -0.39 is 0 Å². The van der Waals surface area contributed by atoms with Gasteiger partial charge >= 0.3 is 0 Å². The van der Waals surface area contributed by atoms with E-state index in [2.05, 4.69) is 234 Å². The van der Waals surface area contributed by atoms with Crippen molar-refractivity contribution in [1.82, 2.24) is 9.55 Å². The van der Waals surface area contributed by atoms with Crippen LogP contribution >= 0.6 is 0 Å². The molecule has 65 heavy (non-hydrogen) atoms. The number of anilines is 2. The zero-order chi connectivity index (χ0) is 45.4. The summed E-state index contributed by atoms with van der Waals surface area (Å²) in [6.07, 6.45) is 4.23. The summed E-state index contributed by atoms with van der Waals surface area (Å²) in [5.74, 6) is 2.14. The molecule has 0 unspecified atom stereocenters. The summed E-state index contributed by atoms with van der Waals surface area (Å²) in [6, 6.07) is 45.1. The normalized spacial score (nSPS) is 13.8. The van der Waals surface area contributed by atoms with Crippen LogP contribution < -0.4 is 14.5 Å². The number of hydrogen-bond donors (Lipinski definition) is 0. The molecule has 2 aromatic heterocycles. The van der Waals surface area contributed by atoms with Crippen LogP contribution in [0.4, 0.5) is 11.4 Å². The topological polar surface area (TPSA) is 33.5 Å². The van der Waals surface area contributed by atoms with Gasteiger partial charge in [0.2, 0.25) is 0 Å². The van der Waals surface area contributed by atoms with Crippen LogP contribution in [-0.2, 0) is 48.1 Å². The summed E-state index contributed by atoms with van der Waals surface area (Å²) in [7, 11) is 0. The van der Waals surface area contributed by atoms with Crippen molar-refractivity contribution < 1.29 is 25.8 Å².